The Hall–Kier alpha value is -0.760. The molecule has 1 saturated heterocycles. The summed E-state index contributed by atoms with van der Waals surface area (Å²) in [4.78, 5) is 12.2. The summed E-state index contributed by atoms with van der Waals surface area (Å²) in [6.45, 7) is 3.16. The molecule has 1 N–H and O–H groups in total. The summed E-state index contributed by atoms with van der Waals surface area (Å²) in [5.41, 5.74) is 1.17. The fourth-order valence-electron chi connectivity index (χ4n) is 2.79. The molecule has 5 nitrogen and oxygen atoms in total. The van der Waals surface area contributed by atoms with Crippen LogP contribution in [-0.4, -0.2) is 49.8 Å². The van der Waals surface area contributed by atoms with Gasteiger partial charge in [-0.3, -0.25) is 4.79 Å². The molecule has 1 aliphatic rings. The van der Waals surface area contributed by atoms with Crippen molar-refractivity contribution < 1.29 is 13.2 Å². The summed E-state index contributed by atoms with van der Waals surface area (Å²) in [6, 6.07) is 7.78. The maximum absolute atomic E-state index is 12.2. The Morgan fingerprint density at radius 2 is 2.08 bits per heavy atom. The molecule has 0 atom stereocenters. The van der Waals surface area contributed by atoms with Crippen LogP contribution in [0.5, 0.6) is 0 Å². The normalized spacial score (nSPS) is 16.7. The number of benzene rings is 1. The number of piperidine rings is 1. The fourth-order valence-corrected chi connectivity index (χ4v) is 4.94. The van der Waals surface area contributed by atoms with E-state index in [-0.39, 0.29) is 17.6 Å². The zero-order valence-electron chi connectivity index (χ0n) is 14.4. The van der Waals surface area contributed by atoms with E-state index in [0.717, 1.165) is 16.5 Å². The molecule has 0 radical (unpaired) electrons. The van der Waals surface area contributed by atoms with E-state index in [1.807, 2.05) is 24.3 Å². The van der Waals surface area contributed by atoms with Crippen molar-refractivity contribution >= 4 is 39.3 Å². The zero-order chi connectivity index (χ0) is 18.3. The highest BCUT2D eigenvalue weighted by Gasteiger charge is 2.29. The zero-order valence-corrected chi connectivity index (χ0v) is 16.8. The van der Waals surface area contributed by atoms with Crippen LogP contribution in [0, 0.1) is 5.92 Å². The minimum atomic E-state index is -3.14. The van der Waals surface area contributed by atoms with Gasteiger partial charge in [0.25, 0.3) is 0 Å². The number of hydrogen-bond acceptors (Lipinski definition) is 4. The van der Waals surface area contributed by atoms with E-state index in [0.29, 0.717) is 32.5 Å². The Morgan fingerprint density at radius 3 is 2.72 bits per heavy atom. The molecule has 1 amide bonds. The van der Waals surface area contributed by atoms with Crippen molar-refractivity contribution in [3.63, 3.8) is 0 Å². The summed E-state index contributed by atoms with van der Waals surface area (Å²) in [6.07, 6.45) is 1.20. The molecule has 1 aromatic carbocycles. The molecule has 8 heteroatoms. The van der Waals surface area contributed by atoms with Crippen molar-refractivity contribution in [2.75, 3.05) is 31.1 Å². The highest BCUT2D eigenvalue weighted by atomic mass is 35.5. The molecule has 0 bridgehead atoms. The first-order valence-electron chi connectivity index (χ1n) is 8.50. The van der Waals surface area contributed by atoms with Crippen LogP contribution in [0.1, 0.15) is 25.3 Å². The number of halogens is 1. The molecule has 0 unspecified atom stereocenters. The SMILES string of the molecule is CCS(=O)(=O)N1CCC(C(=O)NCCSCc2cccc(Cl)c2)CC1. The van der Waals surface area contributed by atoms with Gasteiger partial charge < -0.3 is 5.32 Å². The van der Waals surface area contributed by atoms with E-state index >= 15 is 0 Å². The molecule has 1 aliphatic heterocycles. The van der Waals surface area contributed by atoms with Gasteiger partial charge in [0.05, 0.1) is 5.75 Å². The van der Waals surface area contributed by atoms with Crippen molar-refractivity contribution in [3.05, 3.63) is 34.9 Å². The summed E-state index contributed by atoms with van der Waals surface area (Å²) in [7, 11) is -3.14. The van der Waals surface area contributed by atoms with Crippen LogP contribution in [0.2, 0.25) is 5.02 Å². The van der Waals surface area contributed by atoms with Crippen molar-refractivity contribution in [1.29, 1.82) is 0 Å². The van der Waals surface area contributed by atoms with Gasteiger partial charge in [0.2, 0.25) is 15.9 Å². The molecular formula is C17H25ClN2O3S2. The molecular weight excluding hydrogens is 380 g/mol. The van der Waals surface area contributed by atoms with Crippen molar-refractivity contribution in [1.82, 2.24) is 9.62 Å². The quantitative estimate of drug-likeness (QED) is 0.676. The van der Waals surface area contributed by atoms with Crippen LogP contribution in [0.4, 0.5) is 0 Å². The van der Waals surface area contributed by atoms with E-state index in [2.05, 4.69) is 5.32 Å². The predicted molar refractivity (Wildman–Crippen MR) is 104 cm³/mol. The van der Waals surface area contributed by atoms with Crippen LogP contribution in [0.25, 0.3) is 0 Å². The van der Waals surface area contributed by atoms with Crippen LogP contribution in [0.15, 0.2) is 24.3 Å². The lowest BCUT2D eigenvalue weighted by Gasteiger charge is -2.30. The predicted octanol–water partition coefficient (Wildman–Crippen LogP) is 2.75. The number of thioether (sulfide) groups is 1. The van der Waals surface area contributed by atoms with Crippen LogP contribution >= 0.6 is 23.4 Å². The van der Waals surface area contributed by atoms with E-state index in [1.54, 1.807) is 18.7 Å². The van der Waals surface area contributed by atoms with Gasteiger partial charge in [-0.1, -0.05) is 23.7 Å². The standard InChI is InChI=1S/C17H25ClN2O3S2/c1-2-25(22,23)20-9-6-15(7-10-20)17(21)19-8-11-24-13-14-4-3-5-16(18)12-14/h3-5,12,15H,2,6-11,13H2,1H3,(H,19,21). The molecule has 0 spiro atoms. The van der Waals surface area contributed by atoms with Gasteiger partial charge in [-0.05, 0) is 37.5 Å². The smallest absolute Gasteiger partial charge is 0.223 e. The summed E-state index contributed by atoms with van der Waals surface area (Å²) >= 11 is 7.70. The van der Waals surface area contributed by atoms with Gasteiger partial charge in [0.1, 0.15) is 0 Å². The number of amides is 1. The lowest BCUT2D eigenvalue weighted by Crippen LogP contribution is -2.43. The number of carbonyl (C=O) groups excluding carboxylic acids is 1. The number of nitrogens with zero attached hydrogens (tertiary/aromatic N) is 1. The molecule has 1 fully saturated rings. The number of carbonyl (C=O) groups is 1. The largest absolute Gasteiger partial charge is 0.355 e. The molecule has 140 valence electrons. The van der Waals surface area contributed by atoms with Gasteiger partial charge in [-0.15, -0.1) is 0 Å². The summed E-state index contributed by atoms with van der Waals surface area (Å²) < 4.78 is 25.2. The molecule has 0 saturated carbocycles. The molecule has 1 aromatic rings. The third kappa shape index (κ3) is 6.47. The lowest BCUT2D eigenvalue weighted by molar-refractivity contribution is -0.125. The maximum atomic E-state index is 12.2. The maximum Gasteiger partial charge on any atom is 0.223 e. The highest BCUT2D eigenvalue weighted by Crippen LogP contribution is 2.20. The number of sulfonamides is 1. The van der Waals surface area contributed by atoms with Crippen molar-refractivity contribution in [2.45, 2.75) is 25.5 Å². The molecule has 0 aliphatic carbocycles. The Morgan fingerprint density at radius 1 is 1.36 bits per heavy atom. The molecule has 25 heavy (non-hydrogen) atoms. The minimum Gasteiger partial charge on any atom is -0.355 e. The van der Waals surface area contributed by atoms with Crippen LogP contribution < -0.4 is 5.32 Å². The summed E-state index contributed by atoms with van der Waals surface area (Å²) in [5.74, 6) is 1.77. The first kappa shape index (κ1) is 20.6. The topological polar surface area (TPSA) is 66.5 Å². The highest BCUT2D eigenvalue weighted by molar-refractivity contribution is 7.98. The monoisotopic (exact) mass is 404 g/mol. The first-order valence-corrected chi connectivity index (χ1v) is 11.6. The molecule has 2 rings (SSSR count). The van der Waals surface area contributed by atoms with Gasteiger partial charge in [0.15, 0.2) is 0 Å². The lowest BCUT2D eigenvalue weighted by atomic mass is 9.97. The van der Waals surface area contributed by atoms with E-state index in [4.69, 9.17) is 11.6 Å². The Kier molecular flexibility index (Phi) is 8.06. The van der Waals surface area contributed by atoms with E-state index < -0.39 is 10.0 Å². The first-order chi connectivity index (χ1) is 11.9. The van der Waals surface area contributed by atoms with E-state index in [1.165, 1.54) is 9.87 Å². The average Bonchev–Trinajstić information content (AvgIpc) is 2.61. The molecule has 0 aromatic heterocycles. The van der Waals surface area contributed by atoms with Gasteiger partial charge in [0, 0.05) is 42.1 Å². The van der Waals surface area contributed by atoms with Gasteiger partial charge in [-0.2, -0.15) is 11.8 Å². The molecule has 1 heterocycles. The Bertz CT molecular complexity index is 674. The number of nitrogens with one attached hydrogen (secondary N) is 1. The fraction of sp³-hybridized carbons (Fsp3) is 0.588. The Labute approximate surface area is 159 Å². The van der Waals surface area contributed by atoms with Crippen molar-refractivity contribution in [2.24, 2.45) is 5.92 Å². The summed E-state index contributed by atoms with van der Waals surface area (Å²) in [5, 5.41) is 3.70. The third-order valence-corrected chi connectivity index (χ3v) is 7.43. The van der Waals surface area contributed by atoms with Crippen LogP contribution in [-0.2, 0) is 20.6 Å². The van der Waals surface area contributed by atoms with Crippen molar-refractivity contribution in [3.8, 4) is 0 Å². The number of hydrogen-bond donors (Lipinski definition) is 1. The second-order valence-electron chi connectivity index (χ2n) is 6.05. The number of rotatable bonds is 8. The van der Waals surface area contributed by atoms with E-state index in [9.17, 15) is 13.2 Å². The Balaban J connectivity index is 1.63. The average molecular weight is 405 g/mol. The van der Waals surface area contributed by atoms with Crippen LogP contribution in [0.3, 0.4) is 0 Å². The second kappa shape index (κ2) is 9.80. The van der Waals surface area contributed by atoms with Gasteiger partial charge in [-0.25, -0.2) is 12.7 Å². The minimum absolute atomic E-state index is 0.0388. The second-order valence-corrected chi connectivity index (χ2v) is 9.85. The third-order valence-electron chi connectivity index (χ3n) is 4.29. The van der Waals surface area contributed by atoms with Gasteiger partial charge >= 0.3 is 0 Å².